The van der Waals surface area contributed by atoms with Crippen LogP contribution < -0.4 is 5.32 Å². The zero-order chi connectivity index (χ0) is 16.4. The third kappa shape index (κ3) is 3.91. The summed E-state index contributed by atoms with van der Waals surface area (Å²) in [6, 6.07) is 2.66. The Kier molecular flexibility index (Phi) is 4.36. The monoisotopic (exact) mass is 320 g/mol. The molecule has 1 aromatic rings. The standard InChI is InChI=1S/C16H20N2O5/c19-14-7-11(8-18(14)9-12-2-1-5-23-12)15(20)17-13(16(21)22)6-10-3-4-10/h1-2,5,10-11,13H,3-4,6-9H2,(H,17,20)(H,21,22). The lowest BCUT2D eigenvalue weighted by Gasteiger charge is -2.18. The van der Waals surface area contributed by atoms with E-state index >= 15 is 0 Å². The molecule has 1 aromatic heterocycles. The molecule has 23 heavy (non-hydrogen) atoms. The van der Waals surface area contributed by atoms with E-state index in [1.165, 1.54) is 6.26 Å². The van der Waals surface area contributed by atoms with Crippen LogP contribution in [-0.2, 0) is 20.9 Å². The predicted octanol–water partition coefficient (Wildman–Crippen LogP) is 0.998. The maximum Gasteiger partial charge on any atom is 0.326 e. The van der Waals surface area contributed by atoms with E-state index in [2.05, 4.69) is 5.32 Å². The highest BCUT2D eigenvalue weighted by atomic mass is 16.4. The molecular weight excluding hydrogens is 300 g/mol. The van der Waals surface area contributed by atoms with Crippen LogP contribution in [0, 0.1) is 11.8 Å². The van der Waals surface area contributed by atoms with Gasteiger partial charge in [-0.05, 0) is 24.5 Å². The summed E-state index contributed by atoms with van der Waals surface area (Å²) in [6.07, 6.45) is 4.17. The predicted molar refractivity (Wildman–Crippen MR) is 79.1 cm³/mol. The van der Waals surface area contributed by atoms with Crippen molar-refractivity contribution in [3.63, 3.8) is 0 Å². The van der Waals surface area contributed by atoms with E-state index in [4.69, 9.17) is 4.42 Å². The van der Waals surface area contributed by atoms with Gasteiger partial charge in [-0.2, -0.15) is 0 Å². The molecule has 124 valence electrons. The molecule has 2 heterocycles. The fraction of sp³-hybridized carbons (Fsp3) is 0.562. The Morgan fingerprint density at radius 1 is 1.43 bits per heavy atom. The van der Waals surface area contributed by atoms with Crippen LogP contribution in [0.25, 0.3) is 0 Å². The summed E-state index contributed by atoms with van der Waals surface area (Å²) in [5.74, 6) is -0.918. The van der Waals surface area contributed by atoms with Crippen molar-refractivity contribution in [3.05, 3.63) is 24.2 Å². The Balaban J connectivity index is 1.55. The zero-order valence-corrected chi connectivity index (χ0v) is 12.7. The van der Waals surface area contributed by atoms with Gasteiger partial charge in [-0.15, -0.1) is 0 Å². The first-order valence-corrected chi connectivity index (χ1v) is 7.86. The number of carbonyl (C=O) groups is 3. The number of likely N-dealkylation sites (tertiary alicyclic amines) is 1. The van der Waals surface area contributed by atoms with Crippen molar-refractivity contribution in [2.45, 2.75) is 38.3 Å². The maximum atomic E-state index is 12.3. The third-order valence-corrected chi connectivity index (χ3v) is 4.39. The Morgan fingerprint density at radius 2 is 2.22 bits per heavy atom. The number of hydrogen-bond donors (Lipinski definition) is 2. The molecule has 2 unspecified atom stereocenters. The minimum atomic E-state index is -1.01. The number of nitrogens with one attached hydrogen (secondary N) is 1. The van der Waals surface area contributed by atoms with Gasteiger partial charge >= 0.3 is 5.97 Å². The quantitative estimate of drug-likeness (QED) is 0.780. The molecule has 2 amide bonds. The number of carbonyl (C=O) groups excluding carboxylic acids is 2. The van der Waals surface area contributed by atoms with Gasteiger partial charge in [0, 0.05) is 13.0 Å². The lowest BCUT2D eigenvalue weighted by molar-refractivity contribution is -0.142. The highest BCUT2D eigenvalue weighted by Gasteiger charge is 2.37. The van der Waals surface area contributed by atoms with Crippen molar-refractivity contribution in [1.29, 1.82) is 0 Å². The van der Waals surface area contributed by atoms with Gasteiger partial charge in [0.2, 0.25) is 11.8 Å². The highest BCUT2D eigenvalue weighted by molar-refractivity contribution is 5.91. The van der Waals surface area contributed by atoms with Crippen LogP contribution in [-0.4, -0.2) is 40.4 Å². The van der Waals surface area contributed by atoms with Crippen LogP contribution in [0.2, 0.25) is 0 Å². The minimum Gasteiger partial charge on any atom is -0.480 e. The normalized spacial score (nSPS) is 22.2. The summed E-state index contributed by atoms with van der Waals surface area (Å²) in [7, 11) is 0. The van der Waals surface area contributed by atoms with E-state index in [-0.39, 0.29) is 18.2 Å². The van der Waals surface area contributed by atoms with E-state index in [1.54, 1.807) is 17.0 Å². The fourth-order valence-electron chi connectivity index (χ4n) is 2.89. The second-order valence-corrected chi connectivity index (χ2v) is 6.33. The zero-order valence-electron chi connectivity index (χ0n) is 12.7. The summed E-state index contributed by atoms with van der Waals surface area (Å²) in [4.78, 5) is 37.1. The smallest absolute Gasteiger partial charge is 0.326 e. The largest absolute Gasteiger partial charge is 0.480 e. The summed E-state index contributed by atoms with van der Waals surface area (Å²) in [5.41, 5.74) is 0. The average molecular weight is 320 g/mol. The molecule has 1 aliphatic carbocycles. The average Bonchev–Trinajstić information content (AvgIpc) is 3.03. The van der Waals surface area contributed by atoms with Crippen molar-refractivity contribution < 1.29 is 23.9 Å². The molecule has 2 aliphatic rings. The number of hydrogen-bond acceptors (Lipinski definition) is 4. The van der Waals surface area contributed by atoms with Gasteiger partial charge in [-0.25, -0.2) is 4.79 Å². The van der Waals surface area contributed by atoms with Crippen LogP contribution in [0.3, 0.4) is 0 Å². The van der Waals surface area contributed by atoms with Crippen molar-refractivity contribution >= 4 is 17.8 Å². The molecule has 2 fully saturated rings. The number of aliphatic carboxylic acids is 1. The van der Waals surface area contributed by atoms with Crippen LogP contribution >= 0.6 is 0 Å². The van der Waals surface area contributed by atoms with E-state index in [9.17, 15) is 19.5 Å². The summed E-state index contributed by atoms with van der Waals surface area (Å²) >= 11 is 0. The fourth-order valence-corrected chi connectivity index (χ4v) is 2.89. The lowest BCUT2D eigenvalue weighted by atomic mass is 10.1. The van der Waals surface area contributed by atoms with Crippen molar-refractivity contribution in [1.82, 2.24) is 10.2 Å². The van der Waals surface area contributed by atoms with Gasteiger partial charge in [0.05, 0.1) is 18.7 Å². The van der Waals surface area contributed by atoms with Crippen LogP contribution in [0.15, 0.2) is 22.8 Å². The summed E-state index contributed by atoms with van der Waals surface area (Å²) < 4.78 is 5.21. The maximum absolute atomic E-state index is 12.3. The topological polar surface area (TPSA) is 99.8 Å². The first kappa shape index (κ1) is 15.6. The molecule has 2 N–H and O–H groups in total. The summed E-state index contributed by atoms with van der Waals surface area (Å²) in [6.45, 7) is 0.626. The second-order valence-electron chi connectivity index (χ2n) is 6.33. The van der Waals surface area contributed by atoms with E-state index in [0.29, 0.717) is 31.2 Å². The van der Waals surface area contributed by atoms with Gasteiger partial charge in [0.1, 0.15) is 11.8 Å². The minimum absolute atomic E-state index is 0.113. The molecule has 3 rings (SSSR count). The molecule has 1 saturated heterocycles. The molecular formula is C16H20N2O5. The Labute approximate surface area is 133 Å². The van der Waals surface area contributed by atoms with Crippen LogP contribution in [0.4, 0.5) is 0 Å². The van der Waals surface area contributed by atoms with Gasteiger partial charge in [-0.1, -0.05) is 12.8 Å². The van der Waals surface area contributed by atoms with Crippen molar-refractivity contribution in [2.75, 3.05) is 6.54 Å². The number of nitrogens with zero attached hydrogens (tertiary/aromatic N) is 1. The van der Waals surface area contributed by atoms with Crippen LogP contribution in [0.1, 0.15) is 31.4 Å². The SMILES string of the molecule is O=C(NC(CC1CC1)C(=O)O)C1CC(=O)N(Cc2ccco2)C1. The highest BCUT2D eigenvalue weighted by Crippen LogP contribution is 2.33. The molecule has 7 heteroatoms. The number of rotatable bonds is 7. The molecule has 1 saturated carbocycles. The molecule has 1 aliphatic heterocycles. The molecule has 2 atom stereocenters. The van der Waals surface area contributed by atoms with Crippen LogP contribution in [0.5, 0.6) is 0 Å². The number of furan rings is 1. The molecule has 0 aromatic carbocycles. The van der Waals surface area contributed by atoms with Gasteiger partial charge in [-0.3, -0.25) is 9.59 Å². The van der Waals surface area contributed by atoms with Gasteiger partial charge < -0.3 is 19.7 Å². The van der Waals surface area contributed by atoms with Gasteiger partial charge in [0.15, 0.2) is 0 Å². The van der Waals surface area contributed by atoms with Crippen molar-refractivity contribution in [3.8, 4) is 0 Å². The van der Waals surface area contributed by atoms with E-state index < -0.39 is 17.9 Å². The molecule has 0 radical (unpaired) electrons. The summed E-state index contributed by atoms with van der Waals surface area (Å²) in [5, 5.41) is 11.8. The van der Waals surface area contributed by atoms with Gasteiger partial charge in [0.25, 0.3) is 0 Å². The molecule has 7 nitrogen and oxygen atoms in total. The molecule has 0 bridgehead atoms. The first-order valence-electron chi connectivity index (χ1n) is 7.86. The second kappa shape index (κ2) is 6.44. The Morgan fingerprint density at radius 3 is 2.83 bits per heavy atom. The van der Waals surface area contributed by atoms with E-state index in [1.807, 2.05) is 0 Å². The van der Waals surface area contributed by atoms with Crippen molar-refractivity contribution in [2.24, 2.45) is 11.8 Å². The number of carboxylic acids is 1. The molecule has 0 spiro atoms. The van der Waals surface area contributed by atoms with E-state index in [0.717, 1.165) is 12.8 Å². The lowest BCUT2D eigenvalue weighted by Crippen LogP contribution is -2.44. The number of carboxylic acid groups (broad SMARTS) is 1. The number of amides is 2. The third-order valence-electron chi connectivity index (χ3n) is 4.39. The first-order chi connectivity index (χ1) is 11.0. The Bertz CT molecular complexity index is 594. The Hall–Kier alpha value is -2.31.